The lowest BCUT2D eigenvalue weighted by Crippen LogP contribution is -2.09. The zero-order valence-electron chi connectivity index (χ0n) is 8.71. The van der Waals surface area contributed by atoms with Crippen LogP contribution in [0, 0.1) is 0 Å². The molecule has 1 nitrogen and oxygen atoms in total. The Morgan fingerprint density at radius 1 is 1.23 bits per heavy atom. The minimum atomic E-state index is 0.625. The summed E-state index contributed by atoms with van der Waals surface area (Å²) in [6, 6.07) is 0.625. The molecule has 1 heteroatoms. The predicted octanol–water partition coefficient (Wildman–Crippen LogP) is 3.75. The minimum Gasteiger partial charge on any atom is -0.290 e. The van der Waals surface area contributed by atoms with Gasteiger partial charge in [-0.15, -0.1) is 0 Å². The molecule has 0 radical (unpaired) electrons. The van der Waals surface area contributed by atoms with Crippen LogP contribution in [0.3, 0.4) is 0 Å². The van der Waals surface area contributed by atoms with Crippen molar-refractivity contribution >= 4 is 6.21 Å². The molecule has 1 saturated carbocycles. The molecule has 0 atom stereocenters. The molecule has 0 N–H and O–H groups in total. The van der Waals surface area contributed by atoms with E-state index in [4.69, 9.17) is 0 Å². The number of nitrogens with zero attached hydrogens (tertiary/aromatic N) is 1. The fourth-order valence-electron chi connectivity index (χ4n) is 1.73. The van der Waals surface area contributed by atoms with Gasteiger partial charge in [0.05, 0.1) is 0 Å². The first-order valence-electron chi connectivity index (χ1n) is 5.61. The summed E-state index contributed by atoms with van der Waals surface area (Å²) in [5.74, 6) is 0. The highest BCUT2D eigenvalue weighted by Gasteiger charge is 2.09. The van der Waals surface area contributed by atoms with Crippen molar-refractivity contribution < 1.29 is 0 Å². The van der Waals surface area contributed by atoms with Crippen LogP contribution in [0.4, 0.5) is 0 Å². The van der Waals surface area contributed by atoms with E-state index in [0.29, 0.717) is 6.04 Å². The number of hydrogen-bond acceptors (Lipinski definition) is 1. The van der Waals surface area contributed by atoms with Gasteiger partial charge >= 0.3 is 0 Å². The van der Waals surface area contributed by atoms with Crippen LogP contribution in [0.5, 0.6) is 0 Å². The highest BCUT2D eigenvalue weighted by molar-refractivity contribution is 5.71. The van der Waals surface area contributed by atoms with Gasteiger partial charge in [-0.3, -0.25) is 4.99 Å². The molecule has 0 saturated heterocycles. The Labute approximate surface area is 82.0 Å². The molecule has 0 spiro atoms. The van der Waals surface area contributed by atoms with E-state index < -0.39 is 0 Å². The molecule has 0 aromatic carbocycles. The Kier molecular flexibility index (Phi) is 5.55. The number of unbranched alkanes of at least 4 members (excludes halogenated alkanes) is 1. The Balaban J connectivity index is 2.14. The first-order chi connectivity index (χ1) is 6.43. The van der Waals surface area contributed by atoms with Gasteiger partial charge in [-0.1, -0.05) is 38.7 Å². The standard InChI is InChI=1S/C12H21N/c1-2-3-4-8-11-13-12-9-6-5-7-10-12/h4,8,11-12H,2-3,5-7,9-10H2,1H3/b8-4+,13-11?. The second kappa shape index (κ2) is 6.88. The topological polar surface area (TPSA) is 12.4 Å². The molecule has 1 aliphatic rings. The molecule has 0 aromatic heterocycles. The average Bonchev–Trinajstić information content (AvgIpc) is 2.19. The van der Waals surface area contributed by atoms with Gasteiger partial charge < -0.3 is 0 Å². The van der Waals surface area contributed by atoms with E-state index in [1.165, 1.54) is 44.9 Å². The monoisotopic (exact) mass is 179 g/mol. The molecule has 0 aliphatic heterocycles. The van der Waals surface area contributed by atoms with Crippen LogP contribution in [0.25, 0.3) is 0 Å². The van der Waals surface area contributed by atoms with Crippen molar-refractivity contribution in [3.8, 4) is 0 Å². The van der Waals surface area contributed by atoms with Gasteiger partial charge in [-0.25, -0.2) is 0 Å². The number of aliphatic imine (C=N–C) groups is 1. The molecular formula is C12H21N. The zero-order valence-corrected chi connectivity index (χ0v) is 8.71. The Morgan fingerprint density at radius 3 is 2.69 bits per heavy atom. The quantitative estimate of drug-likeness (QED) is 0.583. The molecule has 1 aliphatic carbocycles. The van der Waals surface area contributed by atoms with Crippen LogP contribution >= 0.6 is 0 Å². The van der Waals surface area contributed by atoms with E-state index in [9.17, 15) is 0 Å². The third-order valence-electron chi connectivity index (χ3n) is 2.55. The highest BCUT2D eigenvalue weighted by atomic mass is 14.8. The molecule has 0 unspecified atom stereocenters. The maximum Gasteiger partial charge on any atom is 0.0499 e. The largest absolute Gasteiger partial charge is 0.290 e. The Hall–Kier alpha value is -0.590. The van der Waals surface area contributed by atoms with Crippen molar-refractivity contribution in [2.24, 2.45) is 4.99 Å². The van der Waals surface area contributed by atoms with Gasteiger partial charge in [-0.05, 0) is 25.3 Å². The summed E-state index contributed by atoms with van der Waals surface area (Å²) in [4.78, 5) is 4.54. The summed E-state index contributed by atoms with van der Waals surface area (Å²) in [5.41, 5.74) is 0. The Bertz CT molecular complexity index is 164. The first kappa shape index (κ1) is 10.5. The van der Waals surface area contributed by atoms with E-state index in [1.807, 2.05) is 6.21 Å². The molecule has 0 amide bonds. The lowest BCUT2D eigenvalue weighted by molar-refractivity contribution is 0.444. The van der Waals surface area contributed by atoms with Gasteiger partial charge in [0.15, 0.2) is 0 Å². The average molecular weight is 179 g/mol. The maximum absolute atomic E-state index is 4.54. The van der Waals surface area contributed by atoms with Crippen molar-refractivity contribution in [1.82, 2.24) is 0 Å². The zero-order chi connectivity index (χ0) is 9.36. The molecule has 0 aromatic rings. The van der Waals surface area contributed by atoms with E-state index in [2.05, 4.69) is 24.1 Å². The third kappa shape index (κ3) is 4.87. The third-order valence-corrected chi connectivity index (χ3v) is 2.55. The molecule has 1 rings (SSSR count). The van der Waals surface area contributed by atoms with Gasteiger partial charge in [0.2, 0.25) is 0 Å². The van der Waals surface area contributed by atoms with Gasteiger partial charge in [-0.2, -0.15) is 0 Å². The van der Waals surface area contributed by atoms with Crippen molar-refractivity contribution in [3.05, 3.63) is 12.2 Å². The van der Waals surface area contributed by atoms with Crippen LogP contribution in [0.1, 0.15) is 51.9 Å². The van der Waals surface area contributed by atoms with Gasteiger partial charge in [0.25, 0.3) is 0 Å². The van der Waals surface area contributed by atoms with Crippen LogP contribution in [-0.4, -0.2) is 12.3 Å². The molecule has 1 fully saturated rings. The van der Waals surface area contributed by atoms with E-state index in [0.717, 1.165) is 0 Å². The normalized spacial score (nSPS) is 20.4. The highest BCUT2D eigenvalue weighted by Crippen LogP contribution is 2.19. The molecular weight excluding hydrogens is 158 g/mol. The summed E-state index contributed by atoms with van der Waals surface area (Å²) in [6.07, 6.45) is 15.5. The summed E-state index contributed by atoms with van der Waals surface area (Å²) in [6.45, 7) is 2.20. The fraction of sp³-hybridized carbons (Fsp3) is 0.750. The van der Waals surface area contributed by atoms with Crippen molar-refractivity contribution in [2.75, 3.05) is 0 Å². The second-order valence-corrected chi connectivity index (χ2v) is 3.81. The van der Waals surface area contributed by atoms with Crippen molar-refractivity contribution in [2.45, 2.75) is 57.9 Å². The minimum absolute atomic E-state index is 0.625. The smallest absolute Gasteiger partial charge is 0.0499 e. The fourth-order valence-corrected chi connectivity index (χ4v) is 1.73. The number of rotatable bonds is 4. The van der Waals surface area contributed by atoms with E-state index in [1.54, 1.807) is 0 Å². The van der Waals surface area contributed by atoms with Crippen molar-refractivity contribution in [3.63, 3.8) is 0 Å². The van der Waals surface area contributed by atoms with Gasteiger partial charge in [0.1, 0.15) is 0 Å². The van der Waals surface area contributed by atoms with E-state index in [-0.39, 0.29) is 0 Å². The summed E-state index contributed by atoms with van der Waals surface area (Å²) < 4.78 is 0. The van der Waals surface area contributed by atoms with Gasteiger partial charge in [0, 0.05) is 12.3 Å². The SMILES string of the molecule is CCC/C=C/C=NC1CCCCC1. The predicted molar refractivity (Wildman–Crippen MR) is 59.4 cm³/mol. The van der Waals surface area contributed by atoms with Crippen LogP contribution in [-0.2, 0) is 0 Å². The summed E-state index contributed by atoms with van der Waals surface area (Å²) in [5, 5.41) is 0. The Morgan fingerprint density at radius 2 is 2.00 bits per heavy atom. The van der Waals surface area contributed by atoms with Crippen LogP contribution in [0.15, 0.2) is 17.1 Å². The first-order valence-corrected chi connectivity index (χ1v) is 5.61. The lowest BCUT2D eigenvalue weighted by Gasteiger charge is -2.16. The summed E-state index contributed by atoms with van der Waals surface area (Å²) in [7, 11) is 0. The maximum atomic E-state index is 4.54. The van der Waals surface area contributed by atoms with E-state index >= 15 is 0 Å². The molecule has 0 heterocycles. The van der Waals surface area contributed by atoms with Crippen molar-refractivity contribution in [1.29, 1.82) is 0 Å². The molecule has 74 valence electrons. The van der Waals surface area contributed by atoms with Crippen LogP contribution < -0.4 is 0 Å². The summed E-state index contributed by atoms with van der Waals surface area (Å²) >= 11 is 0. The molecule has 0 bridgehead atoms. The second-order valence-electron chi connectivity index (χ2n) is 3.81. The number of hydrogen-bond donors (Lipinski definition) is 0. The molecule has 13 heavy (non-hydrogen) atoms. The van der Waals surface area contributed by atoms with Crippen LogP contribution in [0.2, 0.25) is 0 Å². The number of allylic oxidation sites excluding steroid dienone is 2. The lowest BCUT2D eigenvalue weighted by atomic mass is 9.96.